The van der Waals surface area contributed by atoms with E-state index in [0.717, 1.165) is 50.5 Å². The Morgan fingerprint density at radius 3 is 2.45 bits per heavy atom. The summed E-state index contributed by atoms with van der Waals surface area (Å²) < 4.78 is 2.75. The van der Waals surface area contributed by atoms with Crippen molar-refractivity contribution < 1.29 is 20.1 Å². The third kappa shape index (κ3) is 7.12. The Labute approximate surface area is 194 Å². The Kier molecular flexibility index (Phi) is 9.42. The molecule has 1 aliphatic carbocycles. The summed E-state index contributed by atoms with van der Waals surface area (Å²) in [6.45, 7) is 0.516. The van der Waals surface area contributed by atoms with E-state index in [4.69, 9.17) is 5.11 Å². The monoisotopic (exact) mass is 459 g/mol. The van der Waals surface area contributed by atoms with E-state index in [1.54, 1.807) is 0 Å². The number of nitrogens with one attached hydrogen (secondary N) is 1. The smallest absolute Gasteiger partial charge is 0.350 e. The van der Waals surface area contributed by atoms with Gasteiger partial charge in [0.05, 0.1) is 19.2 Å². The minimum absolute atomic E-state index is 0.0611. The highest BCUT2D eigenvalue weighted by Gasteiger charge is 2.24. The van der Waals surface area contributed by atoms with Crippen LogP contribution in [-0.2, 0) is 17.8 Å². The lowest BCUT2D eigenvalue weighted by atomic mass is 9.85. The minimum Gasteiger partial charge on any atom is -0.493 e. The van der Waals surface area contributed by atoms with Crippen LogP contribution in [0.1, 0.15) is 75.5 Å². The third-order valence-electron chi connectivity index (χ3n) is 6.60. The largest absolute Gasteiger partial charge is 0.493 e. The van der Waals surface area contributed by atoms with Gasteiger partial charge in [-0.3, -0.25) is 9.36 Å². The highest BCUT2D eigenvalue weighted by Crippen LogP contribution is 2.26. The van der Waals surface area contributed by atoms with Crippen molar-refractivity contribution in [1.29, 1.82) is 0 Å². The summed E-state index contributed by atoms with van der Waals surface area (Å²) in [7, 11) is 0. The molecule has 8 heteroatoms. The van der Waals surface area contributed by atoms with Gasteiger partial charge in [0.1, 0.15) is 5.69 Å². The second kappa shape index (κ2) is 12.5. The van der Waals surface area contributed by atoms with Gasteiger partial charge >= 0.3 is 11.7 Å². The molecule has 1 aliphatic rings. The first-order valence-electron chi connectivity index (χ1n) is 12.2. The maximum absolute atomic E-state index is 13.2. The number of aromatic hydroxyl groups is 1. The van der Waals surface area contributed by atoms with Gasteiger partial charge in [-0.1, -0.05) is 62.4 Å². The van der Waals surface area contributed by atoms with E-state index in [9.17, 15) is 19.8 Å². The second-order valence-electron chi connectivity index (χ2n) is 9.10. The number of aliphatic hydroxyl groups excluding tert-OH is 1. The molecule has 0 radical (unpaired) electrons. The van der Waals surface area contributed by atoms with Crippen LogP contribution < -0.4 is 11.1 Å². The molecule has 1 fully saturated rings. The zero-order valence-corrected chi connectivity index (χ0v) is 19.3. The average Bonchev–Trinajstić information content (AvgIpc) is 3.04. The maximum Gasteiger partial charge on any atom is 0.350 e. The number of rotatable bonds is 13. The van der Waals surface area contributed by atoms with Gasteiger partial charge in [-0.2, -0.15) is 0 Å². The Balaban J connectivity index is 1.71. The molecule has 1 saturated carbocycles. The Bertz CT molecular complexity index is 932. The van der Waals surface area contributed by atoms with Crippen LogP contribution in [0.4, 0.5) is 0 Å². The van der Waals surface area contributed by atoms with Crippen LogP contribution >= 0.6 is 0 Å². The molecule has 1 heterocycles. The highest BCUT2D eigenvalue weighted by atomic mass is 16.4. The lowest BCUT2D eigenvalue weighted by Gasteiger charge is -2.27. The molecule has 3 rings (SSSR count). The van der Waals surface area contributed by atoms with Crippen LogP contribution in [0, 0.1) is 5.92 Å². The van der Waals surface area contributed by atoms with Crippen LogP contribution in [0.3, 0.4) is 0 Å². The number of imidazole rings is 1. The number of carboxylic acid groups (broad SMARTS) is 1. The van der Waals surface area contributed by atoms with E-state index >= 15 is 0 Å². The normalized spacial score (nSPS) is 15.4. The molecule has 1 atom stereocenters. The Morgan fingerprint density at radius 2 is 1.76 bits per heavy atom. The molecule has 0 amide bonds. The zero-order valence-electron chi connectivity index (χ0n) is 19.3. The number of carbonyl (C=O) groups is 1. The summed E-state index contributed by atoms with van der Waals surface area (Å²) in [5.74, 6) is -0.617. The predicted molar refractivity (Wildman–Crippen MR) is 127 cm³/mol. The number of unbranched alkanes of at least 4 members (excludes halogenated alkanes) is 3. The molecule has 0 bridgehead atoms. The van der Waals surface area contributed by atoms with Crippen molar-refractivity contribution in [2.24, 2.45) is 5.92 Å². The number of aliphatic carboxylic acids is 1. The first-order chi connectivity index (χ1) is 16.0. The van der Waals surface area contributed by atoms with Gasteiger partial charge in [0.25, 0.3) is 0 Å². The zero-order chi connectivity index (χ0) is 23.6. The quantitative estimate of drug-likeness (QED) is 0.341. The summed E-state index contributed by atoms with van der Waals surface area (Å²) in [4.78, 5) is 23.8. The summed E-state index contributed by atoms with van der Waals surface area (Å²) in [5, 5.41) is 30.3. The summed E-state index contributed by atoms with van der Waals surface area (Å²) in [6.07, 6.45) is 8.53. The van der Waals surface area contributed by atoms with Crippen LogP contribution in [0.5, 0.6) is 5.88 Å². The van der Waals surface area contributed by atoms with Crippen LogP contribution in [-0.4, -0.2) is 43.2 Å². The maximum atomic E-state index is 13.2. The van der Waals surface area contributed by atoms with Crippen LogP contribution in [0.25, 0.3) is 0 Å². The van der Waals surface area contributed by atoms with E-state index in [-0.39, 0.29) is 37.0 Å². The number of carboxylic acids is 1. The lowest BCUT2D eigenvalue weighted by molar-refractivity contribution is -0.137. The molecule has 2 aromatic rings. The fourth-order valence-corrected chi connectivity index (χ4v) is 4.67. The van der Waals surface area contributed by atoms with E-state index < -0.39 is 12.1 Å². The van der Waals surface area contributed by atoms with Crippen LogP contribution in [0.15, 0.2) is 35.1 Å². The van der Waals surface area contributed by atoms with E-state index in [1.165, 1.54) is 15.7 Å². The van der Waals surface area contributed by atoms with Gasteiger partial charge in [0.2, 0.25) is 5.88 Å². The van der Waals surface area contributed by atoms with E-state index in [0.29, 0.717) is 18.5 Å². The van der Waals surface area contributed by atoms with Crippen LogP contribution in [0.2, 0.25) is 0 Å². The molecular formula is C25H37N3O5. The summed E-state index contributed by atoms with van der Waals surface area (Å²) >= 11 is 0. The minimum atomic E-state index is -0.791. The van der Waals surface area contributed by atoms with Gasteiger partial charge in [0.15, 0.2) is 0 Å². The second-order valence-corrected chi connectivity index (χ2v) is 9.10. The van der Waals surface area contributed by atoms with E-state index in [1.807, 2.05) is 30.3 Å². The van der Waals surface area contributed by atoms with Gasteiger partial charge < -0.3 is 20.7 Å². The fraction of sp³-hybridized carbons (Fsp3) is 0.600. The molecule has 0 saturated heterocycles. The Hall–Kier alpha value is -2.74. The molecule has 182 valence electrons. The number of hydrogen-bond acceptors (Lipinski definition) is 5. The summed E-state index contributed by atoms with van der Waals surface area (Å²) in [5.41, 5.74) is 4.15. The summed E-state index contributed by atoms with van der Waals surface area (Å²) in [6, 6.07) is 9.51. The molecule has 1 aromatic heterocycles. The van der Waals surface area contributed by atoms with E-state index in [2.05, 4.69) is 5.43 Å². The first kappa shape index (κ1) is 24.9. The molecule has 8 nitrogen and oxygen atoms in total. The highest BCUT2D eigenvalue weighted by molar-refractivity contribution is 5.66. The standard InChI is InChI=1S/C25H37N3O5/c29-22(20-13-7-4-8-14-20)17-26-28-21(15-9-1-2-10-16-23(30)31)24(32)27(25(28)33)18-19-11-5-3-6-12-19/h3,5-6,11-12,20,22,26,29,32H,1-2,4,7-10,13-18H2,(H,30,31). The van der Waals surface area contributed by atoms with Crippen molar-refractivity contribution in [2.45, 2.75) is 83.3 Å². The van der Waals surface area contributed by atoms with Gasteiger partial charge in [-0.25, -0.2) is 9.47 Å². The number of aromatic nitrogens is 2. The fourth-order valence-electron chi connectivity index (χ4n) is 4.67. The van der Waals surface area contributed by atoms with Crippen molar-refractivity contribution in [3.05, 3.63) is 52.1 Å². The van der Waals surface area contributed by atoms with Crippen molar-refractivity contribution >= 4 is 5.97 Å². The van der Waals surface area contributed by atoms with Crippen molar-refractivity contribution in [3.63, 3.8) is 0 Å². The molecule has 1 unspecified atom stereocenters. The molecule has 33 heavy (non-hydrogen) atoms. The molecule has 0 aliphatic heterocycles. The average molecular weight is 460 g/mol. The topological polar surface area (TPSA) is 117 Å². The first-order valence-corrected chi connectivity index (χ1v) is 12.2. The van der Waals surface area contributed by atoms with Gasteiger partial charge in [-0.05, 0) is 43.6 Å². The Morgan fingerprint density at radius 1 is 1.06 bits per heavy atom. The lowest BCUT2D eigenvalue weighted by Crippen LogP contribution is -2.38. The number of benzene rings is 1. The number of nitrogens with zero attached hydrogens (tertiary/aromatic N) is 2. The number of aliphatic hydroxyl groups is 1. The van der Waals surface area contributed by atoms with Crippen molar-refractivity contribution in [3.8, 4) is 5.88 Å². The molecule has 4 N–H and O–H groups in total. The van der Waals surface area contributed by atoms with Crippen molar-refractivity contribution in [2.75, 3.05) is 12.0 Å². The molecular weight excluding hydrogens is 422 g/mol. The molecule has 0 spiro atoms. The SMILES string of the molecule is O=C(O)CCCCCCc1c(O)n(Cc2ccccc2)c(=O)n1NCC(O)C1CCCCC1. The van der Waals surface area contributed by atoms with Gasteiger partial charge in [-0.15, -0.1) is 0 Å². The third-order valence-corrected chi connectivity index (χ3v) is 6.60. The molecule has 1 aromatic carbocycles. The predicted octanol–water partition coefficient (Wildman–Crippen LogP) is 3.47. The number of hydrogen-bond donors (Lipinski definition) is 4. The van der Waals surface area contributed by atoms with Crippen molar-refractivity contribution in [1.82, 2.24) is 9.24 Å². The van der Waals surface area contributed by atoms with Gasteiger partial charge in [0, 0.05) is 6.42 Å².